The smallest absolute Gasteiger partial charge is 0.786 e. The van der Waals surface area contributed by atoms with E-state index in [1.165, 1.54) is 12.5 Å². The molecule has 1 aliphatic rings. The number of carbonyl (C=O) groups excluding carboxylic acids is 1. The Labute approximate surface area is 112 Å². The average molecular weight is 286 g/mol. The number of thioether (sulfide) groups is 1. The third-order valence-electron chi connectivity index (χ3n) is 1.20. The second-order valence-electron chi connectivity index (χ2n) is 2.08. The standard InChI is InChI=1S/C5H7O2S2.C5H5.Co/c1-7-5(6)4(3-8)9-2;1-2-4-5-3-1;/h3,8H,2H2,1H3;1-5H;/q-1;;+3/p-1/b4-3-;;. The number of rotatable bonds is 2. The molecule has 0 heterocycles. The summed E-state index contributed by atoms with van der Waals surface area (Å²) >= 11 is 5.53. The van der Waals surface area contributed by atoms with Gasteiger partial charge in [-0.25, -0.2) is 4.79 Å². The van der Waals surface area contributed by atoms with Crippen LogP contribution in [-0.2, 0) is 38.9 Å². The Kier molecular flexibility index (Phi) is 14.6. The average Bonchev–Trinajstić information content (AvgIpc) is 2.77. The molecular weight excluding hydrogens is 275 g/mol. The molecule has 0 amide bonds. The molecule has 1 aliphatic carbocycles. The van der Waals surface area contributed by atoms with E-state index in [1.54, 1.807) is 0 Å². The summed E-state index contributed by atoms with van der Waals surface area (Å²) in [5.41, 5.74) is 0. The van der Waals surface area contributed by atoms with E-state index in [0.29, 0.717) is 4.91 Å². The van der Waals surface area contributed by atoms with Crippen molar-refractivity contribution in [3.8, 4) is 0 Å². The van der Waals surface area contributed by atoms with Gasteiger partial charge in [-0.05, 0) is 32.1 Å². The maximum absolute atomic E-state index is 10.6. The number of ether oxygens (including phenoxy) is 1. The molecule has 0 atom stereocenters. The molecule has 0 bridgehead atoms. The first-order chi connectivity index (χ1) is 6.76. The van der Waals surface area contributed by atoms with Crippen LogP contribution in [0.5, 0.6) is 0 Å². The summed E-state index contributed by atoms with van der Waals surface area (Å²) in [6.45, 7) is 0. The van der Waals surface area contributed by atoms with Crippen LogP contribution in [0.4, 0.5) is 0 Å². The molecule has 0 aromatic carbocycles. The van der Waals surface area contributed by atoms with E-state index >= 15 is 0 Å². The van der Waals surface area contributed by atoms with Gasteiger partial charge in [0.05, 0.1) is 7.11 Å². The van der Waals surface area contributed by atoms with Gasteiger partial charge < -0.3 is 29.1 Å². The van der Waals surface area contributed by atoms with Crippen molar-refractivity contribution in [2.45, 2.75) is 0 Å². The van der Waals surface area contributed by atoms with Gasteiger partial charge in [0.2, 0.25) is 0 Å². The minimum absolute atomic E-state index is 0. The normalized spacial score (nSPS) is 14.7. The van der Waals surface area contributed by atoms with Gasteiger partial charge in [0.1, 0.15) is 0 Å². The molecule has 1 fully saturated rings. The number of esters is 1. The number of hydrogen-bond acceptors (Lipinski definition) is 4. The SMILES string of the molecule is [CH2-]S/C(=C\[S-])C(=O)OC.[CH]1[CH][CH][CH][CH]1.[Co+3]. The predicted octanol–water partition coefficient (Wildman–Crippen LogP) is 2.09. The number of carbonyl (C=O) groups is 1. The van der Waals surface area contributed by atoms with Gasteiger partial charge in [-0.2, -0.15) is 5.41 Å². The van der Waals surface area contributed by atoms with Crippen molar-refractivity contribution >= 4 is 30.4 Å². The fourth-order valence-electron chi connectivity index (χ4n) is 0.562. The molecule has 1 saturated carbocycles. The van der Waals surface area contributed by atoms with Gasteiger partial charge in [0.15, 0.2) is 0 Å². The summed E-state index contributed by atoms with van der Waals surface area (Å²) in [5.74, 6) is -0.426. The third kappa shape index (κ3) is 9.23. The molecule has 0 N–H and O–H groups in total. The van der Waals surface area contributed by atoms with Crippen molar-refractivity contribution in [2.75, 3.05) is 7.11 Å². The Balaban J connectivity index is 0. The Bertz CT molecular complexity index is 184. The molecule has 2 nitrogen and oxygen atoms in total. The minimum atomic E-state index is -0.426. The zero-order valence-corrected chi connectivity index (χ0v) is 10.8. The van der Waals surface area contributed by atoms with Crippen LogP contribution in [0.15, 0.2) is 10.3 Å². The molecule has 0 aliphatic heterocycles. The first-order valence-electron chi connectivity index (χ1n) is 3.75. The van der Waals surface area contributed by atoms with E-state index in [1.807, 2.05) is 32.1 Å². The van der Waals surface area contributed by atoms with Crippen LogP contribution in [0.2, 0.25) is 0 Å². The Morgan fingerprint density at radius 3 is 1.87 bits per heavy atom. The Hall–Kier alpha value is 0.286. The molecule has 0 aromatic heterocycles. The van der Waals surface area contributed by atoms with Crippen molar-refractivity contribution in [3.05, 3.63) is 48.7 Å². The van der Waals surface area contributed by atoms with E-state index in [0.717, 1.165) is 11.8 Å². The van der Waals surface area contributed by atoms with E-state index in [2.05, 4.69) is 23.6 Å². The molecule has 15 heavy (non-hydrogen) atoms. The largest absolute Gasteiger partial charge is 3.00 e. The van der Waals surface area contributed by atoms with Gasteiger partial charge in [0.25, 0.3) is 0 Å². The molecule has 5 heteroatoms. The fourth-order valence-corrected chi connectivity index (χ4v) is 1.13. The Morgan fingerprint density at radius 1 is 1.33 bits per heavy atom. The molecule has 0 spiro atoms. The molecule has 0 unspecified atom stereocenters. The van der Waals surface area contributed by atoms with Crippen molar-refractivity contribution in [3.63, 3.8) is 0 Å². The predicted molar refractivity (Wildman–Crippen MR) is 61.9 cm³/mol. The number of hydrogen-bond donors (Lipinski definition) is 0. The molecule has 1 rings (SSSR count). The van der Waals surface area contributed by atoms with E-state index < -0.39 is 5.97 Å². The van der Waals surface area contributed by atoms with Crippen molar-refractivity contribution in [2.24, 2.45) is 0 Å². The molecule has 0 saturated heterocycles. The van der Waals surface area contributed by atoms with E-state index in [-0.39, 0.29) is 16.8 Å². The summed E-state index contributed by atoms with van der Waals surface area (Å²) < 4.78 is 4.36. The summed E-state index contributed by atoms with van der Waals surface area (Å²) in [7, 11) is 1.30. The zero-order chi connectivity index (χ0) is 10.8. The summed E-state index contributed by atoms with van der Waals surface area (Å²) in [5, 5.41) is 1.25. The van der Waals surface area contributed by atoms with Gasteiger partial charge in [-0.1, -0.05) is 0 Å². The van der Waals surface area contributed by atoms with E-state index in [4.69, 9.17) is 0 Å². The summed E-state index contributed by atoms with van der Waals surface area (Å²) in [4.78, 5) is 10.9. The second-order valence-corrected chi connectivity index (χ2v) is 3.04. The van der Waals surface area contributed by atoms with Crippen LogP contribution in [0.3, 0.4) is 0 Å². The molecule has 83 valence electrons. The van der Waals surface area contributed by atoms with Crippen molar-refractivity contribution in [1.29, 1.82) is 0 Å². The Morgan fingerprint density at radius 2 is 1.73 bits per heavy atom. The first-order valence-corrected chi connectivity index (χ1v) is 5.21. The number of methoxy groups -OCH3 is 1. The first kappa shape index (κ1) is 17.7. The summed E-state index contributed by atoms with van der Waals surface area (Å²) in [6.07, 6.45) is 13.4. The van der Waals surface area contributed by atoms with Crippen LogP contribution in [0, 0.1) is 38.4 Å². The maximum atomic E-state index is 10.6. The molecule has 5 radical (unpaired) electrons. The molecule has 0 aromatic rings. The van der Waals surface area contributed by atoms with Crippen LogP contribution >= 0.6 is 11.8 Å². The third-order valence-corrected chi connectivity index (χ3v) is 2.19. The second kappa shape index (κ2) is 12.4. The van der Waals surface area contributed by atoms with Crippen molar-refractivity contribution < 1.29 is 26.3 Å². The molecular formula is C10H11CoO2S2+. The van der Waals surface area contributed by atoms with Gasteiger partial charge in [-0.15, -0.1) is 0 Å². The van der Waals surface area contributed by atoms with Crippen LogP contribution < -0.4 is 0 Å². The minimum Gasteiger partial charge on any atom is -0.786 e. The zero-order valence-electron chi connectivity index (χ0n) is 8.14. The van der Waals surface area contributed by atoms with E-state index in [9.17, 15) is 4.79 Å². The monoisotopic (exact) mass is 286 g/mol. The maximum Gasteiger partial charge on any atom is 3.00 e. The quantitative estimate of drug-likeness (QED) is 0.336. The van der Waals surface area contributed by atoms with Gasteiger partial charge >= 0.3 is 22.7 Å². The van der Waals surface area contributed by atoms with Gasteiger partial charge in [-0.3, -0.25) is 6.26 Å². The van der Waals surface area contributed by atoms with Crippen LogP contribution in [0.1, 0.15) is 0 Å². The topological polar surface area (TPSA) is 26.3 Å². The van der Waals surface area contributed by atoms with Crippen LogP contribution in [0.25, 0.3) is 0 Å². The fraction of sp³-hybridized carbons (Fsp3) is 0.100. The van der Waals surface area contributed by atoms with Gasteiger partial charge in [0, 0.05) is 4.91 Å². The summed E-state index contributed by atoms with van der Waals surface area (Å²) in [6, 6.07) is 0. The van der Waals surface area contributed by atoms with Crippen LogP contribution in [-0.4, -0.2) is 13.1 Å². The van der Waals surface area contributed by atoms with Crippen molar-refractivity contribution in [1.82, 2.24) is 0 Å².